The highest BCUT2D eigenvalue weighted by molar-refractivity contribution is 5.30. The fourth-order valence-corrected chi connectivity index (χ4v) is 2.21. The van der Waals surface area contributed by atoms with Crippen LogP contribution in [0.5, 0.6) is 0 Å². The molecule has 0 radical (unpaired) electrons. The van der Waals surface area contributed by atoms with Crippen molar-refractivity contribution < 1.29 is 5.11 Å². The Kier molecular flexibility index (Phi) is 6.47. The normalized spacial score (nSPS) is 25.8. The molecule has 1 aliphatic rings. The molecule has 0 saturated heterocycles. The van der Waals surface area contributed by atoms with Gasteiger partial charge in [-0.15, -0.1) is 0 Å². The van der Waals surface area contributed by atoms with E-state index in [-0.39, 0.29) is 6.10 Å². The average molecular weight is 222 g/mol. The highest BCUT2D eigenvalue weighted by Gasteiger charge is 2.22. The monoisotopic (exact) mass is 222 g/mol. The Hall–Kier alpha value is -0.560. The predicted molar refractivity (Wildman–Crippen MR) is 70.5 cm³/mol. The van der Waals surface area contributed by atoms with E-state index in [0.29, 0.717) is 0 Å². The molecule has 1 aliphatic carbocycles. The largest absolute Gasteiger partial charge is 0.384 e. The molecule has 0 bridgehead atoms. The van der Waals surface area contributed by atoms with Gasteiger partial charge in [-0.1, -0.05) is 51.7 Å². The molecule has 0 aromatic rings. The minimum Gasteiger partial charge on any atom is -0.384 e. The maximum atomic E-state index is 10.1. The van der Waals surface area contributed by atoms with Gasteiger partial charge in [-0.05, 0) is 36.8 Å². The summed E-state index contributed by atoms with van der Waals surface area (Å²) in [5.74, 6) is 0. The Morgan fingerprint density at radius 1 is 1.00 bits per heavy atom. The van der Waals surface area contributed by atoms with Gasteiger partial charge >= 0.3 is 0 Å². The first-order chi connectivity index (χ1) is 7.79. The van der Waals surface area contributed by atoms with Crippen LogP contribution in [0.15, 0.2) is 23.3 Å². The second-order valence-electron chi connectivity index (χ2n) is 4.75. The first-order valence-corrected chi connectivity index (χ1v) is 6.85. The third kappa shape index (κ3) is 4.13. The molecule has 1 N–H and O–H groups in total. The first kappa shape index (κ1) is 13.5. The predicted octanol–water partition coefficient (Wildman–Crippen LogP) is 4.37. The summed E-state index contributed by atoms with van der Waals surface area (Å²) in [5.41, 5.74) is 2.52. The first-order valence-electron chi connectivity index (χ1n) is 6.85. The molecule has 0 unspecified atom stereocenters. The zero-order valence-electron chi connectivity index (χ0n) is 10.8. The van der Waals surface area contributed by atoms with Crippen molar-refractivity contribution in [3.8, 4) is 0 Å². The van der Waals surface area contributed by atoms with Crippen LogP contribution in [0.2, 0.25) is 0 Å². The second kappa shape index (κ2) is 7.67. The smallest absolute Gasteiger partial charge is 0.0961 e. The highest BCUT2D eigenvalue weighted by atomic mass is 16.3. The van der Waals surface area contributed by atoms with E-state index in [0.717, 1.165) is 25.7 Å². The Morgan fingerprint density at radius 2 is 1.44 bits per heavy atom. The van der Waals surface area contributed by atoms with E-state index in [1.165, 1.54) is 36.8 Å². The highest BCUT2D eigenvalue weighted by Crippen LogP contribution is 2.31. The van der Waals surface area contributed by atoms with Crippen molar-refractivity contribution in [2.45, 2.75) is 71.3 Å². The number of aliphatic hydroxyl groups excluding tert-OH is 1. The number of hydrogen-bond donors (Lipinski definition) is 1. The van der Waals surface area contributed by atoms with Gasteiger partial charge in [0.25, 0.3) is 0 Å². The summed E-state index contributed by atoms with van der Waals surface area (Å²) in [5, 5.41) is 10.1. The lowest BCUT2D eigenvalue weighted by molar-refractivity contribution is 0.254. The number of allylic oxidation sites excluding steroid dienone is 2. The lowest BCUT2D eigenvalue weighted by Crippen LogP contribution is -2.05. The number of unbranched alkanes of at least 4 members (excludes halogenated alkanes) is 4. The summed E-state index contributed by atoms with van der Waals surface area (Å²) < 4.78 is 0. The molecular formula is C15H26O. The van der Waals surface area contributed by atoms with Crippen LogP contribution in [0.4, 0.5) is 0 Å². The van der Waals surface area contributed by atoms with E-state index in [1.54, 1.807) is 0 Å². The quantitative estimate of drug-likeness (QED) is 0.522. The molecule has 1 heteroatoms. The molecule has 0 aliphatic heterocycles. The second-order valence-corrected chi connectivity index (χ2v) is 4.75. The maximum Gasteiger partial charge on any atom is 0.0961 e. The molecule has 1 rings (SSSR count). The standard InChI is InChI=1S/C15H26O/c1-3-5-7-9-13-11-12-14(15(13)16)10-8-6-4-2/h9-10,15-16H,3-8,11-12H2,1-2H3. The van der Waals surface area contributed by atoms with Crippen molar-refractivity contribution in [2.75, 3.05) is 0 Å². The van der Waals surface area contributed by atoms with Gasteiger partial charge in [0, 0.05) is 0 Å². The van der Waals surface area contributed by atoms with Crippen LogP contribution >= 0.6 is 0 Å². The Balaban J connectivity index is 2.43. The van der Waals surface area contributed by atoms with Gasteiger partial charge in [0.2, 0.25) is 0 Å². The molecule has 0 spiro atoms. The molecule has 1 fully saturated rings. The zero-order chi connectivity index (χ0) is 11.8. The minimum atomic E-state index is -0.256. The van der Waals surface area contributed by atoms with Crippen molar-refractivity contribution in [3.63, 3.8) is 0 Å². The molecule has 0 heterocycles. The van der Waals surface area contributed by atoms with E-state index in [9.17, 15) is 5.11 Å². The summed E-state index contributed by atoms with van der Waals surface area (Å²) in [7, 11) is 0. The van der Waals surface area contributed by atoms with Gasteiger partial charge in [0.1, 0.15) is 0 Å². The summed E-state index contributed by atoms with van der Waals surface area (Å²) in [6.45, 7) is 4.42. The van der Waals surface area contributed by atoms with Gasteiger partial charge in [-0.2, -0.15) is 0 Å². The number of rotatable bonds is 6. The molecule has 0 atom stereocenters. The molecule has 0 aromatic carbocycles. The van der Waals surface area contributed by atoms with Crippen LogP contribution in [-0.4, -0.2) is 11.2 Å². The van der Waals surface area contributed by atoms with E-state index < -0.39 is 0 Å². The molecule has 0 aromatic heterocycles. The van der Waals surface area contributed by atoms with Crippen molar-refractivity contribution in [1.82, 2.24) is 0 Å². The molecule has 0 amide bonds. The fraction of sp³-hybridized carbons (Fsp3) is 0.733. The SMILES string of the molecule is CCCCC=C1CCC(=CCCCC)C1O. The van der Waals surface area contributed by atoms with E-state index >= 15 is 0 Å². The zero-order valence-corrected chi connectivity index (χ0v) is 10.8. The lowest BCUT2D eigenvalue weighted by atomic mass is 10.1. The van der Waals surface area contributed by atoms with Gasteiger partial charge in [0.15, 0.2) is 0 Å². The number of hydrogen-bond acceptors (Lipinski definition) is 1. The van der Waals surface area contributed by atoms with Crippen molar-refractivity contribution in [2.24, 2.45) is 0 Å². The minimum absolute atomic E-state index is 0.256. The van der Waals surface area contributed by atoms with Gasteiger partial charge in [-0.25, -0.2) is 0 Å². The average Bonchev–Trinajstić information content (AvgIpc) is 2.62. The van der Waals surface area contributed by atoms with Crippen molar-refractivity contribution in [3.05, 3.63) is 23.3 Å². The maximum absolute atomic E-state index is 10.1. The Bertz CT molecular complexity index is 224. The fourth-order valence-electron chi connectivity index (χ4n) is 2.21. The lowest BCUT2D eigenvalue weighted by Gasteiger charge is -2.06. The molecule has 1 nitrogen and oxygen atoms in total. The summed E-state index contributed by atoms with van der Waals surface area (Å²) >= 11 is 0. The Labute approximate surface area is 100 Å². The summed E-state index contributed by atoms with van der Waals surface area (Å²) in [6.07, 6.45) is 13.6. The van der Waals surface area contributed by atoms with Crippen LogP contribution in [0.3, 0.4) is 0 Å². The summed E-state index contributed by atoms with van der Waals surface area (Å²) in [4.78, 5) is 0. The Morgan fingerprint density at radius 3 is 1.81 bits per heavy atom. The van der Waals surface area contributed by atoms with Crippen LogP contribution in [-0.2, 0) is 0 Å². The van der Waals surface area contributed by atoms with Crippen molar-refractivity contribution in [1.29, 1.82) is 0 Å². The molecule has 16 heavy (non-hydrogen) atoms. The van der Waals surface area contributed by atoms with Gasteiger partial charge in [0.05, 0.1) is 6.10 Å². The van der Waals surface area contributed by atoms with Gasteiger partial charge < -0.3 is 5.11 Å². The third-order valence-corrected chi connectivity index (χ3v) is 3.33. The molecular weight excluding hydrogens is 196 g/mol. The van der Waals surface area contributed by atoms with Crippen LogP contribution in [0, 0.1) is 0 Å². The molecule has 92 valence electrons. The molecule has 1 saturated carbocycles. The van der Waals surface area contributed by atoms with Crippen LogP contribution in [0.25, 0.3) is 0 Å². The third-order valence-electron chi connectivity index (χ3n) is 3.33. The van der Waals surface area contributed by atoms with Crippen molar-refractivity contribution >= 4 is 0 Å². The summed E-state index contributed by atoms with van der Waals surface area (Å²) in [6, 6.07) is 0. The van der Waals surface area contributed by atoms with E-state index in [1.807, 2.05) is 0 Å². The topological polar surface area (TPSA) is 20.2 Å². The van der Waals surface area contributed by atoms with Crippen LogP contribution < -0.4 is 0 Å². The van der Waals surface area contributed by atoms with Crippen LogP contribution in [0.1, 0.15) is 65.2 Å². The van der Waals surface area contributed by atoms with E-state index in [4.69, 9.17) is 0 Å². The van der Waals surface area contributed by atoms with E-state index in [2.05, 4.69) is 26.0 Å². The van der Waals surface area contributed by atoms with Gasteiger partial charge in [-0.3, -0.25) is 0 Å². The number of aliphatic hydroxyl groups is 1.